The molecular formula is C15H10F3I2NO. The molecule has 0 aromatic heterocycles. The van der Waals surface area contributed by atoms with Crippen LogP contribution in [0.25, 0.3) is 0 Å². The maximum absolute atomic E-state index is 12.6. The van der Waals surface area contributed by atoms with Gasteiger partial charge in [-0.05, 0) is 93.6 Å². The Kier molecular flexibility index (Phi) is 5.70. The van der Waals surface area contributed by atoms with Crippen molar-refractivity contribution in [2.24, 2.45) is 5.16 Å². The first-order chi connectivity index (χ1) is 10.3. The molecule has 0 saturated heterocycles. The fraction of sp³-hybridized carbons (Fsp3) is 0.133. The molecule has 2 aromatic rings. The smallest absolute Gasteiger partial charge is 0.357 e. The average Bonchev–Trinajstić information content (AvgIpc) is 2.44. The van der Waals surface area contributed by atoms with Crippen molar-refractivity contribution in [3.63, 3.8) is 0 Å². The van der Waals surface area contributed by atoms with Gasteiger partial charge in [-0.25, -0.2) is 0 Å². The van der Waals surface area contributed by atoms with Gasteiger partial charge in [0.25, 0.3) is 0 Å². The van der Waals surface area contributed by atoms with E-state index in [-0.39, 0.29) is 5.75 Å². The molecule has 0 spiro atoms. The molecule has 2 nitrogen and oxygen atoms in total. The maximum atomic E-state index is 12.6. The standard InChI is InChI=1S/C15H10F3I2NO/c1-9-13(19)5-10(6-14(9)20)8-21-22-12-4-2-3-11(7-12)15(16,17)18/h2-8H,1H3/b21-8-. The molecule has 7 heteroatoms. The Hall–Kier alpha value is -0.840. The minimum Gasteiger partial charge on any atom is -0.357 e. The Labute approximate surface area is 153 Å². The lowest BCUT2D eigenvalue weighted by Crippen LogP contribution is -2.04. The first-order valence-electron chi connectivity index (χ1n) is 6.10. The van der Waals surface area contributed by atoms with E-state index in [1.807, 2.05) is 19.1 Å². The van der Waals surface area contributed by atoms with Crippen molar-refractivity contribution in [1.29, 1.82) is 0 Å². The molecule has 0 saturated carbocycles. The molecule has 22 heavy (non-hydrogen) atoms. The molecule has 0 unspecified atom stereocenters. The highest BCUT2D eigenvalue weighted by atomic mass is 127. The summed E-state index contributed by atoms with van der Waals surface area (Å²) in [5.74, 6) is 0.0441. The van der Waals surface area contributed by atoms with E-state index < -0.39 is 11.7 Å². The van der Waals surface area contributed by atoms with Crippen LogP contribution in [0.15, 0.2) is 41.6 Å². The lowest BCUT2D eigenvalue weighted by molar-refractivity contribution is -0.137. The molecule has 0 heterocycles. The second kappa shape index (κ2) is 7.16. The minimum absolute atomic E-state index is 0.0441. The number of hydrogen-bond donors (Lipinski definition) is 0. The summed E-state index contributed by atoms with van der Waals surface area (Å²) in [5, 5.41) is 3.75. The van der Waals surface area contributed by atoms with Crippen LogP contribution in [0.5, 0.6) is 5.75 Å². The second-order valence-corrected chi connectivity index (χ2v) is 6.79. The number of nitrogens with zero attached hydrogens (tertiary/aromatic N) is 1. The highest BCUT2D eigenvalue weighted by Crippen LogP contribution is 2.31. The highest BCUT2D eigenvalue weighted by Gasteiger charge is 2.30. The molecular weight excluding hydrogens is 521 g/mol. The number of hydrogen-bond acceptors (Lipinski definition) is 2. The number of rotatable bonds is 3. The van der Waals surface area contributed by atoms with Gasteiger partial charge in [0.15, 0.2) is 5.75 Å². The third-order valence-electron chi connectivity index (χ3n) is 2.82. The van der Waals surface area contributed by atoms with Crippen LogP contribution in [0.4, 0.5) is 13.2 Å². The fourth-order valence-corrected chi connectivity index (χ4v) is 3.43. The van der Waals surface area contributed by atoms with Gasteiger partial charge in [0, 0.05) is 7.14 Å². The van der Waals surface area contributed by atoms with Crippen LogP contribution < -0.4 is 4.84 Å². The summed E-state index contributed by atoms with van der Waals surface area (Å²) in [5.41, 5.74) is 1.24. The number of alkyl halides is 3. The molecule has 0 bridgehead atoms. The third kappa shape index (κ3) is 4.58. The van der Waals surface area contributed by atoms with Gasteiger partial charge in [-0.1, -0.05) is 11.2 Å². The monoisotopic (exact) mass is 531 g/mol. The van der Waals surface area contributed by atoms with Crippen LogP contribution in [0.3, 0.4) is 0 Å². The van der Waals surface area contributed by atoms with E-state index in [0.29, 0.717) is 0 Å². The second-order valence-electron chi connectivity index (χ2n) is 4.46. The van der Waals surface area contributed by atoms with Gasteiger partial charge in [-0.15, -0.1) is 0 Å². The third-order valence-corrected chi connectivity index (χ3v) is 5.07. The van der Waals surface area contributed by atoms with Gasteiger partial charge >= 0.3 is 6.18 Å². The Morgan fingerprint density at radius 3 is 2.32 bits per heavy atom. The molecule has 0 fully saturated rings. The summed E-state index contributed by atoms with van der Waals surface area (Å²) in [6, 6.07) is 8.47. The zero-order chi connectivity index (χ0) is 16.3. The number of oxime groups is 1. The van der Waals surface area contributed by atoms with Crippen LogP contribution in [0, 0.1) is 14.1 Å². The van der Waals surface area contributed by atoms with Gasteiger partial charge < -0.3 is 4.84 Å². The Balaban J connectivity index is 2.13. The van der Waals surface area contributed by atoms with Crippen molar-refractivity contribution >= 4 is 51.4 Å². The van der Waals surface area contributed by atoms with E-state index in [0.717, 1.165) is 24.8 Å². The minimum atomic E-state index is -4.40. The van der Waals surface area contributed by atoms with E-state index in [4.69, 9.17) is 4.84 Å². The van der Waals surface area contributed by atoms with Crippen LogP contribution >= 0.6 is 45.2 Å². The summed E-state index contributed by atoms with van der Waals surface area (Å²) in [7, 11) is 0. The lowest BCUT2D eigenvalue weighted by Gasteiger charge is -2.07. The van der Waals surface area contributed by atoms with Crippen LogP contribution in [-0.2, 0) is 6.18 Å². The van der Waals surface area contributed by atoms with Crippen LogP contribution in [-0.4, -0.2) is 6.21 Å². The van der Waals surface area contributed by atoms with Crippen molar-refractivity contribution in [2.75, 3.05) is 0 Å². The van der Waals surface area contributed by atoms with Crippen molar-refractivity contribution in [2.45, 2.75) is 13.1 Å². The van der Waals surface area contributed by atoms with Gasteiger partial charge in [-0.3, -0.25) is 0 Å². The Morgan fingerprint density at radius 1 is 1.09 bits per heavy atom. The van der Waals surface area contributed by atoms with E-state index in [1.165, 1.54) is 23.9 Å². The molecule has 0 aliphatic heterocycles. The Bertz CT molecular complexity index is 691. The van der Waals surface area contributed by atoms with Gasteiger partial charge in [0.05, 0.1) is 11.8 Å². The zero-order valence-electron chi connectivity index (χ0n) is 11.3. The molecule has 2 rings (SSSR count). The topological polar surface area (TPSA) is 21.6 Å². The molecule has 0 amide bonds. The summed E-state index contributed by atoms with van der Waals surface area (Å²) >= 11 is 4.44. The lowest BCUT2D eigenvalue weighted by atomic mass is 10.2. The predicted octanol–water partition coefficient (Wildman–Crippen LogP) is 5.64. The van der Waals surface area contributed by atoms with Gasteiger partial charge in [-0.2, -0.15) is 13.2 Å². The first kappa shape index (κ1) is 17.5. The van der Waals surface area contributed by atoms with Crippen molar-refractivity contribution in [3.05, 3.63) is 60.2 Å². The van der Waals surface area contributed by atoms with Crippen LogP contribution in [0.1, 0.15) is 16.7 Å². The summed E-state index contributed by atoms with van der Waals surface area (Å²) < 4.78 is 39.9. The predicted molar refractivity (Wildman–Crippen MR) is 96.3 cm³/mol. The normalized spacial score (nSPS) is 11.9. The van der Waals surface area contributed by atoms with E-state index in [9.17, 15) is 13.2 Å². The van der Waals surface area contributed by atoms with Crippen molar-refractivity contribution in [3.8, 4) is 5.75 Å². The zero-order valence-corrected chi connectivity index (χ0v) is 15.6. The summed E-state index contributed by atoms with van der Waals surface area (Å²) in [4.78, 5) is 5.02. The highest BCUT2D eigenvalue weighted by molar-refractivity contribution is 14.1. The molecule has 2 aromatic carbocycles. The number of benzene rings is 2. The first-order valence-corrected chi connectivity index (χ1v) is 8.26. The van der Waals surface area contributed by atoms with Gasteiger partial charge in [0.1, 0.15) is 0 Å². The maximum Gasteiger partial charge on any atom is 0.416 e. The van der Waals surface area contributed by atoms with Crippen molar-refractivity contribution < 1.29 is 18.0 Å². The average molecular weight is 531 g/mol. The van der Waals surface area contributed by atoms with Crippen LogP contribution in [0.2, 0.25) is 0 Å². The fourth-order valence-electron chi connectivity index (χ4n) is 1.62. The van der Waals surface area contributed by atoms with E-state index >= 15 is 0 Å². The molecule has 116 valence electrons. The van der Waals surface area contributed by atoms with Gasteiger partial charge in [0.2, 0.25) is 0 Å². The largest absolute Gasteiger partial charge is 0.416 e. The molecule has 0 aliphatic rings. The van der Waals surface area contributed by atoms with E-state index in [1.54, 1.807) is 0 Å². The molecule has 0 atom stereocenters. The quantitative estimate of drug-likeness (QED) is 0.286. The molecule has 0 aliphatic carbocycles. The summed E-state index contributed by atoms with van der Waals surface area (Å²) in [6.07, 6.45) is -2.92. The van der Waals surface area contributed by atoms with Crippen molar-refractivity contribution in [1.82, 2.24) is 0 Å². The molecule has 0 N–H and O–H groups in total. The summed E-state index contributed by atoms with van der Waals surface area (Å²) in [6.45, 7) is 2.02. The van der Waals surface area contributed by atoms with E-state index in [2.05, 4.69) is 50.3 Å². The molecule has 0 radical (unpaired) electrons. The number of halogens is 5. The SMILES string of the molecule is Cc1c(I)cc(/C=N\Oc2cccc(C(F)(F)F)c2)cc1I. The Morgan fingerprint density at radius 2 is 1.73 bits per heavy atom.